The molecular formula is C8H11NOS2. The Kier molecular flexibility index (Phi) is 4.50. The number of nitrogens with zero attached hydrogens (tertiary/aromatic N) is 1. The molecule has 2 nitrogen and oxygen atoms in total. The summed E-state index contributed by atoms with van der Waals surface area (Å²) in [6.07, 6.45) is 1.77. The van der Waals surface area contributed by atoms with E-state index >= 15 is 0 Å². The highest BCUT2D eigenvalue weighted by Gasteiger charge is 2.01. The van der Waals surface area contributed by atoms with Crippen LogP contribution in [0.15, 0.2) is 29.4 Å². The Balaban J connectivity index is 2.33. The SMILES string of the molecule is CC(CO)SSc1ccccn1. The first-order valence-electron chi connectivity index (χ1n) is 3.68. The van der Waals surface area contributed by atoms with Crippen LogP contribution in [0.1, 0.15) is 6.92 Å². The molecule has 0 bridgehead atoms. The molecular weight excluding hydrogens is 190 g/mol. The molecule has 0 radical (unpaired) electrons. The average molecular weight is 201 g/mol. The third kappa shape index (κ3) is 3.47. The van der Waals surface area contributed by atoms with Crippen molar-refractivity contribution in [3.8, 4) is 0 Å². The van der Waals surface area contributed by atoms with E-state index in [0.717, 1.165) is 5.03 Å². The van der Waals surface area contributed by atoms with Gasteiger partial charge in [-0.05, 0) is 22.9 Å². The third-order valence-corrected chi connectivity index (χ3v) is 3.97. The van der Waals surface area contributed by atoms with Crippen LogP contribution in [0.3, 0.4) is 0 Å². The Labute approximate surface area is 80.2 Å². The van der Waals surface area contributed by atoms with Crippen molar-refractivity contribution in [2.24, 2.45) is 0 Å². The largest absolute Gasteiger partial charge is 0.395 e. The van der Waals surface area contributed by atoms with Crippen LogP contribution in [0, 0.1) is 0 Å². The molecule has 1 N–H and O–H groups in total. The molecule has 0 aliphatic rings. The Morgan fingerprint density at radius 3 is 3.00 bits per heavy atom. The topological polar surface area (TPSA) is 33.1 Å². The second kappa shape index (κ2) is 5.45. The number of hydrogen-bond acceptors (Lipinski definition) is 4. The average Bonchev–Trinajstić information content (AvgIpc) is 2.16. The second-order valence-corrected chi connectivity index (χ2v) is 5.00. The summed E-state index contributed by atoms with van der Waals surface area (Å²) in [7, 11) is 3.23. The van der Waals surface area contributed by atoms with Crippen molar-refractivity contribution in [2.75, 3.05) is 6.61 Å². The van der Waals surface area contributed by atoms with E-state index in [0.29, 0.717) is 0 Å². The molecule has 0 saturated heterocycles. The summed E-state index contributed by atoms with van der Waals surface area (Å²) in [5, 5.41) is 10.0. The highest BCUT2D eigenvalue weighted by molar-refractivity contribution is 8.76. The Bertz CT molecular complexity index is 218. The molecule has 1 unspecified atom stereocenters. The fourth-order valence-corrected chi connectivity index (χ4v) is 2.39. The molecule has 4 heteroatoms. The van der Waals surface area contributed by atoms with Gasteiger partial charge in [0.2, 0.25) is 0 Å². The van der Waals surface area contributed by atoms with E-state index in [2.05, 4.69) is 4.98 Å². The highest BCUT2D eigenvalue weighted by atomic mass is 33.1. The van der Waals surface area contributed by atoms with Crippen molar-refractivity contribution in [2.45, 2.75) is 17.2 Å². The summed E-state index contributed by atoms with van der Waals surface area (Å²) in [4.78, 5) is 4.15. The molecule has 1 rings (SSSR count). The Hall–Kier alpha value is -0.190. The molecule has 0 saturated carbocycles. The molecule has 12 heavy (non-hydrogen) atoms. The molecule has 0 spiro atoms. The predicted octanol–water partition coefficient (Wildman–Crippen LogP) is 2.20. The second-order valence-electron chi connectivity index (χ2n) is 2.34. The summed E-state index contributed by atoms with van der Waals surface area (Å²) in [6, 6.07) is 5.81. The maximum absolute atomic E-state index is 8.76. The molecule has 0 aliphatic carbocycles. The zero-order valence-corrected chi connectivity index (χ0v) is 8.44. The van der Waals surface area contributed by atoms with Gasteiger partial charge in [0.15, 0.2) is 0 Å². The first-order chi connectivity index (χ1) is 5.83. The molecule has 1 atom stereocenters. The van der Waals surface area contributed by atoms with Crippen molar-refractivity contribution in [1.82, 2.24) is 4.98 Å². The smallest absolute Gasteiger partial charge is 0.106 e. The van der Waals surface area contributed by atoms with Crippen LogP contribution in [-0.2, 0) is 0 Å². The van der Waals surface area contributed by atoms with Crippen LogP contribution < -0.4 is 0 Å². The molecule has 1 aromatic rings. The number of hydrogen-bond donors (Lipinski definition) is 1. The van der Waals surface area contributed by atoms with E-state index in [1.165, 1.54) is 0 Å². The number of aliphatic hydroxyl groups excluding tert-OH is 1. The summed E-state index contributed by atoms with van der Waals surface area (Å²) in [6.45, 7) is 2.20. The molecule has 0 fully saturated rings. The van der Waals surface area contributed by atoms with Crippen molar-refractivity contribution in [3.63, 3.8) is 0 Å². The summed E-state index contributed by atoms with van der Waals surface area (Å²) in [5.74, 6) is 0. The van der Waals surface area contributed by atoms with Crippen LogP contribution in [0.2, 0.25) is 0 Å². The van der Waals surface area contributed by atoms with Gasteiger partial charge in [-0.3, -0.25) is 0 Å². The predicted molar refractivity (Wildman–Crippen MR) is 54.2 cm³/mol. The van der Waals surface area contributed by atoms with Crippen LogP contribution in [0.4, 0.5) is 0 Å². The third-order valence-electron chi connectivity index (χ3n) is 1.19. The number of aliphatic hydroxyl groups is 1. The monoisotopic (exact) mass is 201 g/mol. The van der Waals surface area contributed by atoms with Gasteiger partial charge in [-0.1, -0.05) is 23.8 Å². The standard InChI is InChI=1S/C8H11NOS2/c1-7(6-10)11-12-8-4-2-3-5-9-8/h2-5,7,10H,6H2,1H3. The number of rotatable bonds is 4. The fourth-order valence-electron chi connectivity index (χ4n) is 0.558. The van der Waals surface area contributed by atoms with Crippen LogP contribution in [0.25, 0.3) is 0 Å². The summed E-state index contributed by atoms with van der Waals surface area (Å²) >= 11 is 0. The number of pyridine rings is 1. The molecule has 1 aromatic heterocycles. The van der Waals surface area contributed by atoms with Gasteiger partial charge in [0.25, 0.3) is 0 Å². The van der Waals surface area contributed by atoms with Gasteiger partial charge in [-0.25, -0.2) is 4.98 Å². The summed E-state index contributed by atoms with van der Waals surface area (Å²) < 4.78 is 0. The van der Waals surface area contributed by atoms with Gasteiger partial charge in [0, 0.05) is 11.4 Å². The van der Waals surface area contributed by atoms with Gasteiger partial charge >= 0.3 is 0 Å². The van der Waals surface area contributed by atoms with Crippen LogP contribution in [-0.4, -0.2) is 21.9 Å². The normalized spacial score (nSPS) is 12.8. The van der Waals surface area contributed by atoms with Crippen LogP contribution >= 0.6 is 21.6 Å². The maximum atomic E-state index is 8.76. The molecule has 1 heterocycles. The minimum absolute atomic E-state index is 0.213. The zero-order chi connectivity index (χ0) is 8.81. The van der Waals surface area contributed by atoms with E-state index < -0.39 is 0 Å². The lowest BCUT2D eigenvalue weighted by molar-refractivity contribution is 0.300. The fraction of sp³-hybridized carbons (Fsp3) is 0.375. The van der Waals surface area contributed by atoms with Crippen molar-refractivity contribution >= 4 is 21.6 Å². The molecule has 0 aliphatic heterocycles. The zero-order valence-electron chi connectivity index (χ0n) is 6.80. The van der Waals surface area contributed by atoms with E-state index in [1.807, 2.05) is 25.1 Å². The van der Waals surface area contributed by atoms with Crippen molar-refractivity contribution < 1.29 is 5.11 Å². The lowest BCUT2D eigenvalue weighted by Crippen LogP contribution is -1.99. The van der Waals surface area contributed by atoms with Gasteiger partial charge in [-0.2, -0.15) is 0 Å². The minimum Gasteiger partial charge on any atom is -0.395 e. The lowest BCUT2D eigenvalue weighted by Gasteiger charge is -2.04. The quantitative estimate of drug-likeness (QED) is 0.757. The van der Waals surface area contributed by atoms with E-state index in [1.54, 1.807) is 27.8 Å². The highest BCUT2D eigenvalue weighted by Crippen LogP contribution is 2.32. The molecule has 0 amide bonds. The summed E-state index contributed by atoms with van der Waals surface area (Å²) in [5.41, 5.74) is 0. The van der Waals surface area contributed by atoms with Crippen LogP contribution in [0.5, 0.6) is 0 Å². The van der Waals surface area contributed by atoms with Gasteiger partial charge < -0.3 is 5.11 Å². The van der Waals surface area contributed by atoms with Gasteiger partial charge in [0.05, 0.1) is 6.61 Å². The first-order valence-corrected chi connectivity index (χ1v) is 5.89. The lowest BCUT2D eigenvalue weighted by atomic mass is 10.5. The van der Waals surface area contributed by atoms with E-state index in [-0.39, 0.29) is 11.9 Å². The molecule has 66 valence electrons. The number of aromatic nitrogens is 1. The van der Waals surface area contributed by atoms with Crippen molar-refractivity contribution in [3.05, 3.63) is 24.4 Å². The Morgan fingerprint density at radius 1 is 1.58 bits per heavy atom. The van der Waals surface area contributed by atoms with Crippen molar-refractivity contribution in [1.29, 1.82) is 0 Å². The Morgan fingerprint density at radius 2 is 2.42 bits per heavy atom. The maximum Gasteiger partial charge on any atom is 0.106 e. The van der Waals surface area contributed by atoms with E-state index in [4.69, 9.17) is 5.11 Å². The minimum atomic E-state index is 0.213. The van der Waals surface area contributed by atoms with E-state index in [9.17, 15) is 0 Å². The van der Waals surface area contributed by atoms with Gasteiger partial charge in [-0.15, -0.1) is 0 Å². The first kappa shape index (κ1) is 9.89. The molecule has 0 aromatic carbocycles. The van der Waals surface area contributed by atoms with Gasteiger partial charge in [0.1, 0.15) is 5.03 Å².